The maximum absolute atomic E-state index is 13.6. The van der Waals surface area contributed by atoms with E-state index >= 15 is 0 Å². The average molecular weight is 405 g/mol. The van der Waals surface area contributed by atoms with Gasteiger partial charge in [-0.15, -0.1) is 10.2 Å². The third-order valence-electron chi connectivity index (χ3n) is 3.93. The highest BCUT2D eigenvalue weighted by Crippen LogP contribution is 2.20. The SMILES string of the molecule is Cc1ncc([N+](=O)[O-])n1Cc1nnc(SCC(=O)Nc2ccccc2F)n1C. The molecule has 2 heterocycles. The first kappa shape index (κ1) is 19.5. The molecule has 0 bridgehead atoms. The number of carbonyl (C=O) groups is 1. The summed E-state index contributed by atoms with van der Waals surface area (Å²) in [7, 11) is 1.70. The van der Waals surface area contributed by atoms with E-state index in [0.29, 0.717) is 16.8 Å². The lowest BCUT2D eigenvalue weighted by Crippen LogP contribution is -2.15. The minimum Gasteiger partial charge on any atom is -0.358 e. The summed E-state index contributed by atoms with van der Waals surface area (Å²) in [5, 5.41) is 22.1. The molecule has 12 heteroatoms. The van der Waals surface area contributed by atoms with Crippen molar-refractivity contribution in [3.63, 3.8) is 0 Å². The molecule has 0 saturated heterocycles. The molecule has 3 rings (SSSR count). The second-order valence-electron chi connectivity index (χ2n) is 5.78. The van der Waals surface area contributed by atoms with Crippen LogP contribution in [0.5, 0.6) is 0 Å². The minimum absolute atomic E-state index is 0.00452. The lowest BCUT2D eigenvalue weighted by Gasteiger charge is -2.06. The Hall–Kier alpha value is -3.28. The molecule has 146 valence electrons. The van der Waals surface area contributed by atoms with Crippen molar-refractivity contribution >= 4 is 29.2 Å². The molecule has 0 fully saturated rings. The van der Waals surface area contributed by atoms with Gasteiger partial charge in [0.05, 0.1) is 11.4 Å². The van der Waals surface area contributed by atoms with Crippen molar-refractivity contribution in [2.24, 2.45) is 7.05 Å². The number of para-hydroxylation sites is 1. The summed E-state index contributed by atoms with van der Waals surface area (Å²) in [6.07, 6.45) is 1.19. The molecule has 28 heavy (non-hydrogen) atoms. The molecule has 2 aromatic heterocycles. The van der Waals surface area contributed by atoms with Crippen LogP contribution >= 0.6 is 11.8 Å². The van der Waals surface area contributed by atoms with Crippen molar-refractivity contribution in [3.05, 3.63) is 58.0 Å². The van der Waals surface area contributed by atoms with Crippen LogP contribution in [0, 0.1) is 22.9 Å². The zero-order valence-electron chi connectivity index (χ0n) is 15.0. The first-order valence-electron chi connectivity index (χ1n) is 8.08. The van der Waals surface area contributed by atoms with Gasteiger partial charge in [-0.2, -0.15) is 0 Å². The van der Waals surface area contributed by atoms with Crippen LogP contribution in [0.15, 0.2) is 35.6 Å². The number of benzene rings is 1. The average Bonchev–Trinajstić information content (AvgIpc) is 3.19. The topological polar surface area (TPSA) is 121 Å². The normalized spacial score (nSPS) is 10.8. The van der Waals surface area contributed by atoms with Crippen LogP contribution < -0.4 is 5.32 Å². The van der Waals surface area contributed by atoms with Gasteiger partial charge in [0, 0.05) is 14.0 Å². The van der Waals surface area contributed by atoms with Crippen LogP contribution in [0.25, 0.3) is 0 Å². The molecule has 0 spiro atoms. The zero-order chi connectivity index (χ0) is 20.3. The number of amides is 1. The van der Waals surface area contributed by atoms with Crippen LogP contribution in [0.2, 0.25) is 0 Å². The largest absolute Gasteiger partial charge is 0.358 e. The summed E-state index contributed by atoms with van der Waals surface area (Å²) in [4.78, 5) is 26.6. The zero-order valence-corrected chi connectivity index (χ0v) is 15.8. The standard InChI is InChI=1S/C16H16FN7O3S/c1-10-18-7-15(24(26)27)23(10)8-13-20-21-16(22(13)2)28-9-14(25)19-12-6-4-3-5-11(12)17/h3-7H,8-9H2,1-2H3,(H,19,25). The molecule has 10 nitrogen and oxygen atoms in total. The molecule has 1 amide bonds. The molecular weight excluding hydrogens is 389 g/mol. The van der Waals surface area contributed by atoms with Crippen LogP contribution in [-0.2, 0) is 18.4 Å². The molecule has 0 aliphatic carbocycles. The van der Waals surface area contributed by atoms with Gasteiger partial charge in [0.25, 0.3) is 0 Å². The molecule has 3 aromatic rings. The lowest BCUT2D eigenvalue weighted by atomic mass is 10.3. The van der Waals surface area contributed by atoms with Gasteiger partial charge < -0.3 is 20.0 Å². The summed E-state index contributed by atoms with van der Waals surface area (Å²) in [6, 6.07) is 5.89. The van der Waals surface area contributed by atoms with Gasteiger partial charge >= 0.3 is 5.82 Å². The van der Waals surface area contributed by atoms with E-state index in [-0.39, 0.29) is 29.7 Å². The smallest absolute Gasteiger partial charge is 0.343 e. The molecule has 1 N–H and O–H groups in total. The van der Waals surface area contributed by atoms with E-state index in [1.165, 1.54) is 29.0 Å². The van der Waals surface area contributed by atoms with E-state index in [9.17, 15) is 19.3 Å². The lowest BCUT2D eigenvalue weighted by molar-refractivity contribution is -0.392. The van der Waals surface area contributed by atoms with E-state index in [1.807, 2.05) is 0 Å². The Labute approximate surface area is 162 Å². The van der Waals surface area contributed by atoms with Crippen LogP contribution in [0.1, 0.15) is 11.6 Å². The predicted octanol–water partition coefficient (Wildman–Crippen LogP) is 2.15. The van der Waals surface area contributed by atoms with Crippen LogP contribution in [-0.4, -0.2) is 40.9 Å². The number of aryl methyl sites for hydroxylation is 1. The summed E-state index contributed by atoms with van der Waals surface area (Å²) >= 11 is 1.12. The molecule has 0 aliphatic rings. The monoisotopic (exact) mass is 405 g/mol. The molecular formula is C16H16FN7O3S. The van der Waals surface area contributed by atoms with Crippen molar-refractivity contribution < 1.29 is 14.1 Å². The fourth-order valence-corrected chi connectivity index (χ4v) is 3.16. The minimum atomic E-state index is -0.515. The number of nitrogens with one attached hydrogen (secondary N) is 1. The Morgan fingerprint density at radius 1 is 1.36 bits per heavy atom. The van der Waals surface area contributed by atoms with E-state index in [2.05, 4.69) is 20.5 Å². The number of aromatic nitrogens is 5. The molecule has 1 aromatic carbocycles. The Bertz CT molecular complexity index is 1030. The Kier molecular flexibility index (Phi) is 5.68. The van der Waals surface area contributed by atoms with Crippen molar-refractivity contribution in [3.8, 4) is 0 Å². The summed E-state index contributed by atoms with van der Waals surface area (Å²) in [5.41, 5.74) is 0.106. The van der Waals surface area contributed by atoms with E-state index in [1.54, 1.807) is 24.6 Å². The number of carbonyl (C=O) groups excluding carboxylic acids is 1. The number of nitrogens with zero attached hydrogens (tertiary/aromatic N) is 6. The van der Waals surface area contributed by atoms with Gasteiger partial charge in [-0.05, 0) is 17.1 Å². The highest BCUT2D eigenvalue weighted by atomic mass is 32.2. The number of thioether (sulfide) groups is 1. The van der Waals surface area contributed by atoms with Crippen LogP contribution in [0.3, 0.4) is 0 Å². The van der Waals surface area contributed by atoms with Gasteiger partial charge in [-0.25, -0.2) is 13.9 Å². The second-order valence-corrected chi connectivity index (χ2v) is 6.72. The van der Waals surface area contributed by atoms with E-state index < -0.39 is 10.7 Å². The van der Waals surface area contributed by atoms with E-state index in [4.69, 9.17) is 0 Å². The summed E-state index contributed by atoms with van der Waals surface area (Å²) in [6.45, 7) is 1.78. The fraction of sp³-hybridized carbons (Fsp3) is 0.250. The molecule has 0 aliphatic heterocycles. The Balaban J connectivity index is 1.65. The highest BCUT2D eigenvalue weighted by Gasteiger charge is 2.21. The maximum Gasteiger partial charge on any atom is 0.343 e. The number of hydrogen-bond acceptors (Lipinski definition) is 7. The van der Waals surface area contributed by atoms with Crippen LogP contribution in [0.4, 0.5) is 15.9 Å². The third kappa shape index (κ3) is 4.17. The van der Waals surface area contributed by atoms with Gasteiger partial charge in [0.2, 0.25) is 5.91 Å². The quantitative estimate of drug-likeness (QED) is 0.363. The first-order valence-corrected chi connectivity index (χ1v) is 9.07. The van der Waals surface area contributed by atoms with Crippen molar-refractivity contribution in [2.45, 2.75) is 18.6 Å². The number of anilines is 1. The first-order chi connectivity index (χ1) is 13.4. The van der Waals surface area contributed by atoms with Gasteiger partial charge in [-0.3, -0.25) is 4.79 Å². The molecule has 0 saturated carbocycles. The van der Waals surface area contributed by atoms with Gasteiger partial charge in [-0.1, -0.05) is 23.9 Å². The summed E-state index contributed by atoms with van der Waals surface area (Å²) in [5.74, 6) is -0.0851. The second kappa shape index (κ2) is 8.17. The summed E-state index contributed by atoms with van der Waals surface area (Å²) < 4.78 is 16.6. The number of halogens is 1. The fourth-order valence-electron chi connectivity index (χ4n) is 2.43. The third-order valence-corrected chi connectivity index (χ3v) is 4.95. The maximum atomic E-state index is 13.6. The van der Waals surface area contributed by atoms with E-state index in [0.717, 1.165) is 11.8 Å². The van der Waals surface area contributed by atoms with Crippen molar-refractivity contribution in [2.75, 3.05) is 11.1 Å². The number of rotatable bonds is 7. The number of nitro groups is 1. The van der Waals surface area contributed by atoms with Gasteiger partial charge in [0.1, 0.15) is 12.0 Å². The molecule has 0 atom stereocenters. The molecule has 0 unspecified atom stereocenters. The Morgan fingerprint density at radius 3 is 2.82 bits per heavy atom. The Morgan fingerprint density at radius 2 is 2.11 bits per heavy atom. The van der Waals surface area contributed by atoms with Gasteiger partial charge in [0.15, 0.2) is 23.4 Å². The number of imidazole rings is 1. The highest BCUT2D eigenvalue weighted by molar-refractivity contribution is 7.99. The van der Waals surface area contributed by atoms with Crippen molar-refractivity contribution in [1.82, 2.24) is 24.3 Å². The van der Waals surface area contributed by atoms with Crippen molar-refractivity contribution in [1.29, 1.82) is 0 Å². The molecule has 0 radical (unpaired) electrons. The predicted molar refractivity (Wildman–Crippen MR) is 99.5 cm³/mol. The number of hydrogen-bond donors (Lipinski definition) is 1.